The van der Waals surface area contributed by atoms with Crippen molar-refractivity contribution in [3.05, 3.63) is 65.3 Å². The summed E-state index contributed by atoms with van der Waals surface area (Å²) in [6, 6.07) is 18.0. The Hall–Kier alpha value is -2.60. The SMILES string of the molecule is CC1(C)Cc2c(-c3ccccc3)c(-c3ccc(Cl)cc3)c(OC(=O)COCC[N+](C)(C)C)n2C1. The lowest BCUT2D eigenvalue weighted by Gasteiger charge is -2.23. The number of aromatic nitrogens is 1. The Morgan fingerprint density at radius 1 is 1.00 bits per heavy atom. The topological polar surface area (TPSA) is 40.5 Å². The predicted octanol–water partition coefficient (Wildman–Crippen LogP) is 5.69. The summed E-state index contributed by atoms with van der Waals surface area (Å²) in [5.41, 5.74) is 5.37. The summed E-state index contributed by atoms with van der Waals surface area (Å²) in [6.07, 6.45) is 0.898. The summed E-state index contributed by atoms with van der Waals surface area (Å²) < 4.78 is 14.7. The van der Waals surface area contributed by atoms with Crippen LogP contribution < -0.4 is 4.74 Å². The van der Waals surface area contributed by atoms with E-state index in [0.29, 0.717) is 17.5 Å². The van der Waals surface area contributed by atoms with E-state index in [1.54, 1.807) is 0 Å². The molecule has 0 saturated heterocycles. The highest BCUT2D eigenvalue weighted by atomic mass is 35.5. The van der Waals surface area contributed by atoms with Gasteiger partial charge in [-0.25, -0.2) is 4.79 Å². The van der Waals surface area contributed by atoms with E-state index < -0.39 is 0 Å². The average molecular weight is 482 g/mol. The van der Waals surface area contributed by atoms with Crippen LogP contribution in [0.2, 0.25) is 5.02 Å². The van der Waals surface area contributed by atoms with Gasteiger partial charge in [0.1, 0.15) is 13.2 Å². The Morgan fingerprint density at radius 3 is 2.29 bits per heavy atom. The average Bonchev–Trinajstić information content (AvgIpc) is 3.22. The smallest absolute Gasteiger partial charge is 0.338 e. The van der Waals surface area contributed by atoms with Crippen LogP contribution in [-0.4, -0.2) is 55.9 Å². The van der Waals surface area contributed by atoms with E-state index >= 15 is 0 Å². The molecule has 1 aromatic heterocycles. The van der Waals surface area contributed by atoms with Crippen LogP contribution in [0.25, 0.3) is 22.3 Å². The number of nitrogens with zero attached hydrogens (tertiary/aromatic N) is 2. The van der Waals surface area contributed by atoms with Crippen molar-refractivity contribution in [3.8, 4) is 28.1 Å². The summed E-state index contributed by atoms with van der Waals surface area (Å²) in [6.45, 7) is 6.51. The molecule has 180 valence electrons. The molecule has 0 N–H and O–H groups in total. The number of esters is 1. The van der Waals surface area contributed by atoms with Gasteiger partial charge >= 0.3 is 5.97 Å². The maximum absolute atomic E-state index is 12.9. The van der Waals surface area contributed by atoms with Gasteiger partial charge in [-0.1, -0.05) is 67.9 Å². The molecule has 1 aliphatic rings. The predicted molar refractivity (Wildman–Crippen MR) is 137 cm³/mol. The lowest BCUT2D eigenvalue weighted by atomic mass is 9.87. The van der Waals surface area contributed by atoms with Crippen molar-refractivity contribution < 1.29 is 18.8 Å². The van der Waals surface area contributed by atoms with Gasteiger partial charge in [0.05, 0.1) is 33.3 Å². The third-order valence-corrected chi connectivity index (χ3v) is 6.34. The van der Waals surface area contributed by atoms with E-state index in [2.05, 4.69) is 51.7 Å². The normalized spacial score (nSPS) is 14.8. The first kappa shape index (κ1) is 24.5. The van der Waals surface area contributed by atoms with Crippen LogP contribution in [0, 0.1) is 5.41 Å². The lowest BCUT2D eigenvalue weighted by molar-refractivity contribution is -0.870. The zero-order valence-electron chi connectivity index (χ0n) is 20.7. The van der Waals surface area contributed by atoms with Crippen molar-refractivity contribution in [2.75, 3.05) is 40.9 Å². The number of carbonyl (C=O) groups excluding carboxylic acids is 1. The van der Waals surface area contributed by atoms with Crippen molar-refractivity contribution in [2.24, 2.45) is 5.41 Å². The Balaban J connectivity index is 1.74. The van der Waals surface area contributed by atoms with Gasteiger partial charge in [0.2, 0.25) is 5.88 Å². The van der Waals surface area contributed by atoms with Crippen molar-refractivity contribution in [3.63, 3.8) is 0 Å². The Labute approximate surface area is 207 Å². The van der Waals surface area contributed by atoms with Crippen molar-refractivity contribution in [1.82, 2.24) is 4.57 Å². The molecule has 5 nitrogen and oxygen atoms in total. The van der Waals surface area contributed by atoms with Gasteiger partial charge in [0.25, 0.3) is 0 Å². The summed E-state index contributed by atoms with van der Waals surface area (Å²) >= 11 is 6.19. The molecule has 0 atom stereocenters. The number of hydrogen-bond acceptors (Lipinski definition) is 3. The van der Waals surface area contributed by atoms with Gasteiger partial charge in [-0.2, -0.15) is 0 Å². The van der Waals surface area contributed by atoms with Crippen LogP contribution in [0.5, 0.6) is 5.88 Å². The Kier molecular flexibility index (Phi) is 6.90. The van der Waals surface area contributed by atoms with E-state index in [1.165, 1.54) is 5.69 Å². The highest BCUT2D eigenvalue weighted by Crippen LogP contribution is 2.50. The van der Waals surface area contributed by atoms with Crippen LogP contribution >= 0.6 is 11.6 Å². The van der Waals surface area contributed by atoms with Crippen LogP contribution in [0.15, 0.2) is 54.6 Å². The highest BCUT2D eigenvalue weighted by molar-refractivity contribution is 6.30. The molecule has 0 unspecified atom stereocenters. The number of quaternary nitrogens is 1. The fourth-order valence-corrected chi connectivity index (χ4v) is 4.60. The number of ether oxygens (including phenoxy) is 2. The van der Waals surface area contributed by atoms with E-state index in [4.69, 9.17) is 21.1 Å². The van der Waals surface area contributed by atoms with E-state index in [1.807, 2.05) is 42.5 Å². The number of hydrogen-bond donors (Lipinski definition) is 0. The number of halogens is 1. The second-order valence-corrected chi connectivity index (χ2v) is 11.3. The first-order valence-corrected chi connectivity index (χ1v) is 12.1. The second-order valence-electron chi connectivity index (χ2n) is 10.8. The molecule has 2 aromatic carbocycles. The van der Waals surface area contributed by atoms with E-state index in [-0.39, 0.29) is 18.0 Å². The molecule has 0 fully saturated rings. The molecule has 34 heavy (non-hydrogen) atoms. The Morgan fingerprint density at radius 2 is 1.65 bits per heavy atom. The van der Waals surface area contributed by atoms with Crippen LogP contribution in [-0.2, 0) is 22.5 Å². The van der Waals surface area contributed by atoms with Gasteiger partial charge in [-0.15, -0.1) is 0 Å². The number of likely N-dealkylation sites (N-methyl/N-ethyl adjacent to an activating group) is 1. The monoisotopic (exact) mass is 481 g/mol. The standard InChI is InChI=1S/C28H34ClN2O3/c1-28(2)17-23-25(20-9-7-6-8-10-20)26(21-11-13-22(29)14-12-21)27(30(23)19-28)34-24(32)18-33-16-15-31(3,4)5/h6-14H,15-19H2,1-5H3/q+1. The molecule has 0 bridgehead atoms. The quantitative estimate of drug-likeness (QED) is 0.236. The minimum atomic E-state index is -0.388. The molecule has 2 heterocycles. The zero-order chi connectivity index (χ0) is 24.5. The molecule has 1 aliphatic heterocycles. The molecule has 0 aliphatic carbocycles. The maximum atomic E-state index is 12.9. The molecule has 0 spiro atoms. The molecular weight excluding hydrogens is 448 g/mol. The summed E-state index contributed by atoms with van der Waals surface area (Å²) in [5, 5.41) is 0.669. The first-order chi connectivity index (χ1) is 16.0. The molecule has 6 heteroatoms. The third kappa shape index (κ3) is 5.54. The lowest BCUT2D eigenvalue weighted by Crippen LogP contribution is -2.38. The molecule has 0 radical (unpaired) electrons. The van der Waals surface area contributed by atoms with Gasteiger partial charge in [0.15, 0.2) is 0 Å². The number of rotatable bonds is 8. The van der Waals surface area contributed by atoms with Gasteiger partial charge in [-0.3, -0.25) is 0 Å². The molecule has 4 rings (SSSR count). The van der Waals surface area contributed by atoms with Crippen LogP contribution in [0.3, 0.4) is 0 Å². The fourth-order valence-electron chi connectivity index (χ4n) is 4.47. The highest BCUT2D eigenvalue weighted by Gasteiger charge is 2.37. The van der Waals surface area contributed by atoms with Crippen molar-refractivity contribution in [2.45, 2.75) is 26.8 Å². The summed E-state index contributed by atoms with van der Waals surface area (Å²) in [4.78, 5) is 12.9. The van der Waals surface area contributed by atoms with E-state index in [9.17, 15) is 4.79 Å². The molecule has 3 aromatic rings. The molecule has 0 saturated carbocycles. The maximum Gasteiger partial charge on any atom is 0.338 e. The van der Waals surface area contributed by atoms with Gasteiger partial charge < -0.3 is 18.5 Å². The first-order valence-electron chi connectivity index (χ1n) is 11.7. The minimum Gasteiger partial charge on any atom is -0.407 e. The summed E-state index contributed by atoms with van der Waals surface area (Å²) in [5.74, 6) is 0.197. The number of carbonyl (C=O) groups is 1. The van der Waals surface area contributed by atoms with E-state index in [0.717, 1.165) is 46.2 Å². The van der Waals surface area contributed by atoms with Gasteiger partial charge in [0, 0.05) is 22.8 Å². The van der Waals surface area contributed by atoms with Crippen LogP contribution in [0.4, 0.5) is 0 Å². The van der Waals surface area contributed by atoms with Gasteiger partial charge in [-0.05, 0) is 35.1 Å². The Bertz CT molecular complexity index is 1160. The zero-order valence-corrected chi connectivity index (χ0v) is 21.5. The minimum absolute atomic E-state index is 0.0691. The van der Waals surface area contributed by atoms with Crippen molar-refractivity contribution in [1.29, 1.82) is 0 Å². The molecule has 0 amide bonds. The number of fused-ring (bicyclic) bond motifs is 1. The molecular formula is C28H34ClN2O3+. The summed E-state index contributed by atoms with van der Waals surface area (Å²) in [7, 11) is 6.28. The van der Waals surface area contributed by atoms with Crippen LogP contribution in [0.1, 0.15) is 19.5 Å². The third-order valence-electron chi connectivity index (χ3n) is 6.09. The number of benzene rings is 2. The van der Waals surface area contributed by atoms with Crippen molar-refractivity contribution >= 4 is 17.6 Å². The second kappa shape index (κ2) is 9.57. The largest absolute Gasteiger partial charge is 0.407 e. The fraction of sp³-hybridized carbons (Fsp3) is 0.393.